The van der Waals surface area contributed by atoms with E-state index in [1.54, 1.807) is 0 Å². The van der Waals surface area contributed by atoms with Crippen LogP contribution in [0, 0.1) is 0 Å². The summed E-state index contributed by atoms with van der Waals surface area (Å²) in [6.45, 7) is 6.27. The first-order valence-corrected chi connectivity index (χ1v) is 25.7. The van der Waals surface area contributed by atoms with Crippen LogP contribution in [0.5, 0.6) is 0 Å². The molecule has 0 aromatic rings. The summed E-state index contributed by atoms with van der Waals surface area (Å²) in [6.07, 6.45) is 70.3. The highest BCUT2D eigenvalue weighted by molar-refractivity contribution is 5.71. The van der Waals surface area contributed by atoms with E-state index in [1.165, 1.54) is 44.9 Å². The topological polar surface area (TPSA) is 78.9 Å². The van der Waals surface area contributed by atoms with Crippen molar-refractivity contribution < 1.29 is 28.6 Å². The highest BCUT2D eigenvalue weighted by Gasteiger charge is 2.19. The van der Waals surface area contributed by atoms with Crippen LogP contribution in [0.15, 0.2) is 122 Å². The van der Waals surface area contributed by atoms with E-state index in [0.717, 1.165) is 122 Å². The molecule has 0 saturated heterocycles. The first-order valence-electron chi connectivity index (χ1n) is 25.7. The van der Waals surface area contributed by atoms with Crippen molar-refractivity contribution in [2.24, 2.45) is 0 Å². The van der Waals surface area contributed by atoms with Gasteiger partial charge in [-0.2, -0.15) is 0 Å². The van der Waals surface area contributed by atoms with Gasteiger partial charge in [-0.1, -0.05) is 226 Å². The van der Waals surface area contributed by atoms with Crippen molar-refractivity contribution in [2.45, 2.75) is 213 Å². The molecule has 0 aliphatic rings. The summed E-state index contributed by atoms with van der Waals surface area (Å²) in [5.41, 5.74) is 0. The molecule has 360 valence electrons. The lowest BCUT2D eigenvalue weighted by atomic mass is 10.1. The summed E-state index contributed by atoms with van der Waals surface area (Å²) in [5, 5.41) is 0. The van der Waals surface area contributed by atoms with E-state index in [1.807, 2.05) is 48.6 Å². The van der Waals surface area contributed by atoms with Gasteiger partial charge in [-0.05, 0) is 83.5 Å². The Hall–Kier alpha value is -4.19. The maximum absolute atomic E-state index is 12.8. The number of hydrogen-bond acceptors (Lipinski definition) is 6. The van der Waals surface area contributed by atoms with E-state index in [2.05, 4.69) is 93.7 Å². The molecule has 0 bridgehead atoms. The van der Waals surface area contributed by atoms with Gasteiger partial charge in [0.1, 0.15) is 13.2 Å². The summed E-state index contributed by atoms with van der Waals surface area (Å²) in [6, 6.07) is 0. The lowest BCUT2D eigenvalue weighted by Gasteiger charge is -2.18. The van der Waals surface area contributed by atoms with Gasteiger partial charge in [-0.25, -0.2) is 0 Å². The molecule has 0 radical (unpaired) electrons. The lowest BCUT2D eigenvalue weighted by Crippen LogP contribution is -2.30. The van der Waals surface area contributed by atoms with E-state index < -0.39 is 6.10 Å². The van der Waals surface area contributed by atoms with Gasteiger partial charge in [-0.15, -0.1) is 0 Å². The number of carbonyl (C=O) groups is 3. The number of esters is 3. The molecule has 0 aromatic carbocycles. The number of hydrogen-bond donors (Lipinski definition) is 0. The maximum Gasteiger partial charge on any atom is 0.306 e. The third kappa shape index (κ3) is 48.8. The van der Waals surface area contributed by atoms with E-state index >= 15 is 0 Å². The fraction of sp³-hybridized carbons (Fsp3) is 0.603. The molecular formula is C58H92O6. The van der Waals surface area contributed by atoms with Gasteiger partial charge < -0.3 is 14.2 Å². The van der Waals surface area contributed by atoms with Gasteiger partial charge in [0.2, 0.25) is 0 Å². The van der Waals surface area contributed by atoms with Gasteiger partial charge in [0.05, 0.1) is 0 Å². The van der Waals surface area contributed by atoms with Crippen LogP contribution >= 0.6 is 0 Å². The minimum absolute atomic E-state index is 0.113. The Labute approximate surface area is 392 Å². The number of unbranched alkanes of at least 4 members (excludes halogenated alkanes) is 20. The van der Waals surface area contributed by atoms with Crippen LogP contribution < -0.4 is 0 Å². The normalized spacial score (nSPS) is 13.1. The molecule has 0 aliphatic carbocycles. The van der Waals surface area contributed by atoms with Crippen molar-refractivity contribution in [1.29, 1.82) is 0 Å². The average Bonchev–Trinajstić information content (AvgIpc) is 3.29. The van der Waals surface area contributed by atoms with Crippen molar-refractivity contribution in [3.05, 3.63) is 122 Å². The van der Waals surface area contributed by atoms with E-state index in [0.29, 0.717) is 12.8 Å². The minimum Gasteiger partial charge on any atom is -0.462 e. The van der Waals surface area contributed by atoms with Crippen molar-refractivity contribution in [3.8, 4) is 0 Å². The molecule has 0 aromatic heterocycles. The van der Waals surface area contributed by atoms with Crippen molar-refractivity contribution in [1.82, 2.24) is 0 Å². The Balaban J connectivity index is 4.54. The summed E-state index contributed by atoms with van der Waals surface area (Å²) < 4.78 is 16.7. The second-order valence-corrected chi connectivity index (χ2v) is 16.5. The zero-order chi connectivity index (χ0) is 46.5. The Bertz CT molecular complexity index is 1390. The Morgan fingerprint density at radius 3 is 0.984 bits per heavy atom. The predicted octanol–water partition coefficient (Wildman–Crippen LogP) is 16.9. The van der Waals surface area contributed by atoms with Crippen LogP contribution in [0.3, 0.4) is 0 Å². The van der Waals surface area contributed by atoms with Gasteiger partial charge >= 0.3 is 17.9 Å². The van der Waals surface area contributed by atoms with Gasteiger partial charge in [0.25, 0.3) is 0 Å². The Kier molecular flexibility index (Phi) is 48.1. The molecule has 0 N–H and O–H groups in total. The monoisotopic (exact) mass is 885 g/mol. The Morgan fingerprint density at radius 1 is 0.328 bits per heavy atom. The van der Waals surface area contributed by atoms with Crippen LogP contribution in [0.25, 0.3) is 0 Å². The van der Waals surface area contributed by atoms with Crippen LogP contribution in [0.1, 0.15) is 207 Å². The summed E-state index contributed by atoms with van der Waals surface area (Å²) >= 11 is 0. The largest absolute Gasteiger partial charge is 0.462 e. The molecule has 6 heteroatoms. The number of carbonyl (C=O) groups excluding carboxylic acids is 3. The van der Waals surface area contributed by atoms with Gasteiger partial charge in [0, 0.05) is 19.3 Å². The summed E-state index contributed by atoms with van der Waals surface area (Å²) in [5.74, 6) is -0.991. The minimum atomic E-state index is -0.815. The highest BCUT2D eigenvalue weighted by atomic mass is 16.6. The molecule has 0 rings (SSSR count). The second-order valence-electron chi connectivity index (χ2n) is 16.5. The molecular weight excluding hydrogens is 793 g/mol. The molecule has 0 fully saturated rings. The molecule has 0 aliphatic heterocycles. The van der Waals surface area contributed by atoms with Crippen molar-refractivity contribution in [3.63, 3.8) is 0 Å². The summed E-state index contributed by atoms with van der Waals surface area (Å²) in [7, 11) is 0. The van der Waals surface area contributed by atoms with Crippen LogP contribution in [0.4, 0.5) is 0 Å². The smallest absolute Gasteiger partial charge is 0.306 e. The maximum atomic E-state index is 12.8. The SMILES string of the molecule is CC\C=C/C=C\C=C/C=C\CCCCCCCC(=O)OCC(COC(=O)CCCCC/C=C\C=C/CCCCCCCCC)OC(=O)CCCCCCC\C=C/C=C\C=C/C=C\CC. The quantitative estimate of drug-likeness (QED) is 0.0262. The molecule has 0 heterocycles. The fourth-order valence-electron chi connectivity index (χ4n) is 6.57. The summed E-state index contributed by atoms with van der Waals surface area (Å²) in [4.78, 5) is 38.0. The number of ether oxygens (including phenoxy) is 3. The zero-order valence-electron chi connectivity index (χ0n) is 41.0. The lowest BCUT2D eigenvalue weighted by molar-refractivity contribution is -0.167. The van der Waals surface area contributed by atoms with Gasteiger partial charge in [0.15, 0.2) is 6.10 Å². The van der Waals surface area contributed by atoms with E-state index in [9.17, 15) is 14.4 Å². The van der Waals surface area contributed by atoms with Gasteiger partial charge in [-0.3, -0.25) is 14.4 Å². The Morgan fingerprint density at radius 2 is 0.609 bits per heavy atom. The first-order chi connectivity index (χ1) is 31.5. The molecule has 1 atom stereocenters. The van der Waals surface area contributed by atoms with Crippen LogP contribution in [0.2, 0.25) is 0 Å². The van der Waals surface area contributed by atoms with Crippen molar-refractivity contribution >= 4 is 17.9 Å². The standard InChI is InChI=1S/C58H92O6/c1-4-7-10-13-16-19-22-25-28-31-33-36-39-42-45-48-51-57(60)63-54-55(64-58(61)52-49-46-43-40-37-34-30-27-24-21-18-15-12-9-6-3)53-62-56(59)50-47-44-41-38-35-32-29-26-23-20-17-14-11-8-5-2/h8-9,11-12,14-15,17-18,20-21,23-24,26-31,33,36,55H,4-7,10,13,16,19,22,25,32,34-35,37-54H2,1-3H3/b11-8-,12-9-,17-14-,18-15-,23-20-,24-21-,29-26-,30-27-,31-28-,36-33-. The fourth-order valence-corrected chi connectivity index (χ4v) is 6.57. The number of allylic oxidation sites excluding steroid dienone is 20. The third-order valence-corrected chi connectivity index (χ3v) is 10.4. The van der Waals surface area contributed by atoms with Crippen LogP contribution in [-0.2, 0) is 28.6 Å². The van der Waals surface area contributed by atoms with E-state index in [-0.39, 0.29) is 37.5 Å². The molecule has 0 amide bonds. The predicted molar refractivity (Wildman–Crippen MR) is 274 cm³/mol. The van der Waals surface area contributed by atoms with Crippen LogP contribution in [-0.4, -0.2) is 37.2 Å². The molecule has 1 unspecified atom stereocenters. The number of rotatable bonds is 44. The molecule has 6 nitrogen and oxygen atoms in total. The second kappa shape index (κ2) is 51.4. The van der Waals surface area contributed by atoms with E-state index in [4.69, 9.17) is 14.2 Å². The highest BCUT2D eigenvalue weighted by Crippen LogP contribution is 2.13. The molecule has 0 saturated carbocycles. The third-order valence-electron chi connectivity index (χ3n) is 10.4. The average molecular weight is 885 g/mol. The van der Waals surface area contributed by atoms with Crippen molar-refractivity contribution in [2.75, 3.05) is 13.2 Å². The zero-order valence-corrected chi connectivity index (χ0v) is 41.0. The molecule has 0 spiro atoms. The first kappa shape index (κ1) is 59.8. The molecule has 64 heavy (non-hydrogen) atoms.